The number of benzene rings is 4. The molecule has 8 rings (SSSR count). The van der Waals surface area contributed by atoms with Gasteiger partial charge in [0.1, 0.15) is 23.0 Å². The Morgan fingerprint density at radius 1 is 0.544 bits per heavy atom. The van der Waals surface area contributed by atoms with Crippen molar-refractivity contribution in [2.45, 2.75) is 162 Å². The second kappa shape index (κ2) is 21.2. The fourth-order valence-corrected chi connectivity index (χ4v) is 13.3. The third-order valence-electron chi connectivity index (χ3n) is 14.4. The van der Waals surface area contributed by atoms with Crippen molar-refractivity contribution >= 4 is 27.4 Å². The molecule has 2 aliphatic heterocycles. The summed E-state index contributed by atoms with van der Waals surface area (Å²) in [5, 5.41) is 0. The summed E-state index contributed by atoms with van der Waals surface area (Å²) >= 11 is 0. The lowest BCUT2D eigenvalue weighted by Gasteiger charge is -2.39. The molecule has 0 amide bonds. The second-order valence-electron chi connectivity index (χ2n) is 19.9. The normalized spacial score (nSPS) is 18.4. The van der Waals surface area contributed by atoms with Crippen LogP contribution in [0.1, 0.15) is 166 Å². The first-order chi connectivity index (χ1) is 32.3. The molecule has 0 bridgehead atoms. The topological polar surface area (TPSA) is 133 Å². The fraction of sp³-hybridized carbons (Fsp3) is 0.527. The van der Waals surface area contributed by atoms with Gasteiger partial charge in [0.25, 0.3) is 0 Å². The Kier molecular flexibility index (Phi) is 16.0. The Labute approximate surface area is 404 Å². The van der Waals surface area contributed by atoms with Crippen LogP contribution in [0.3, 0.4) is 0 Å². The van der Waals surface area contributed by atoms with E-state index >= 15 is 0 Å². The molecular formula is C55H72O11P2. The van der Waals surface area contributed by atoms with Crippen molar-refractivity contribution in [3.8, 4) is 23.0 Å². The van der Waals surface area contributed by atoms with Crippen molar-refractivity contribution in [3.63, 3.8) is 0 Å². The van der Waals surface area contributed by atoms with Crippen LogP contribution in [0.4, 0.5) is 0 Å². The zero-order valence-corrected chi connectivity index (χ0v) is 43.8. The Balaban J connectivity index is 0.000000203. The molecule has 11 nitrogen and oxygen atoms in total. The van der Waals surface area contributed by atoms with Gasteiger partial charge in [-0.1, -0.05) is 115 Å². The Morgan fingerprint density at radius 2 is 0.912 bits per heavy atom. The highest BCUT2D eigenvalue weighted by molar-refractivity contribution is 7.53. The van der Waals surface area contributed by atoms with E-state index in [1.165, 1.54) is 86.1 Å². The van der Waals surface area contributed by atoms with Crippen molar-refractivity contribution in [3.05, 3.63) is 115 Å². The highest BCUT2D eigenvalue weighted by atomic mass is 31.2. The molecule has 68 heavy (non-hydrogen) atoms. The molecule has 0 spiro atoms. The van der Waals surface area contributed by atoms with Gasteiger partial charge in [0.05, 0.1) is 40.3 Å². The number of phosphoric acid groups is 1. The third-order valence-corrected chi connectivity index (χ3v) is 16.8. The summed E-state index contributed by atoms with van der Waals surface area (Å²) in [6.45, 7) is 16.3. The van der Waals surface area contributed by atoms with Crippen LogP contribution in [0.5, 0.6) is 23.0 Å². The summed E-state index contributed by atoms with van der Waals surface area (Å²) in [6, 6.07) is 16.5. The number of fused-ring (bicyclic) bond motifs is 4. The van der Waals surface area contributed by atoms with E-state index in [-0.39, 0.29) is 42.2 Å². The van der Waals surface area contributed by atoms with Gasteiger partial charge in [-0.3, -0.25) is 14.1 Å². The van der Waals surface area contributed by atoms with Gasteiger partial charge in [0, 0.05) is 24.0 Å². The number of carbonyl (C=O) groups excluding carboxylic acids is 2. The first kappa shape index (κ1) is 51.3. The van der Waals surface area contributed by atoms with E-state index in [0.29, 0.717) is 29.0 Å². The van der Waals surface area contributed by atoms with E-state index in [9.17, 15) is 18.7 Å². The number of methoxy groups -OCH3 is 2. The molecule has 4 aromatic rings. The van der Waals surface area contributed by atoms with Gasteiger partial charge in [-0.25, -0.2) is 9.13 Å². The van der Waals surface area contributed by atoms with Crippen LogP contribution in [0, 0.1) is 13.8 Å². The summed E-state index contributed by atoms with van der Waals surface area (Å²) in [5.41, 5.74) is 12.0. The molecule has 368 valence electrons. The average Bonchev–Trinajstić information content (AvgIpc) is 3.29. The van der Waals surface area contributed by atoms with Crippen LogP contribution < -0.4 is 18.1 Å². The van der Waals surface area contributed by atoms with E-state index < -0.39 is 15.4 Å². The number of hydrogen-bond acceptors (Lipinski definition) is 11. The maximum Gasteiger partial charge on any atom is 0.587 e. The molecule has 2 aliphatic carbocycles. The number of hydrogen-bond donors (Lipinski definition) is 0. The summed E-state index contributed by atoms with van der Waals surface area (Å²) < 4.78 is 67.1. The molecule has 0 unspecified atom stereocenters. The molecule has 2 fully saturated rings. The Hall–Kier alpha value is -4.56. The minimum atomic E-state index is -3.98. The number of phosphoric ester groups is 1. The quantitative estimate of drug-likeness (QED) is 0.111. The van der Waals surface area contributed by atoms with Crippen LogP contribution in [0.25, 0.3) is 0 Å². The number of esters is 2. The average molecular weight is 971 g/mol. The largest absolute Gasteiger partial charge is 0.587 e. The van der Waals surface area contributed by atoms with Crippen LogP contribution in [0.2, 0.25) is 0 Å². The Bertz CT molecular complexity index is 2450. The maximum atomic E-state index is 14.1. The minimum absolute atomic E-state index is 0.0571. The molecule has 0 aromatic heterocycles. The predicted molar refractivity (Wildman–Crippen MR) is 267 cm³/mol. The van der Waals surface area contributed by atoms with Gasteiger partial charge in [-0.15, -0.1) is 0 Å². The molecular weight excluding hydrogens is 899 g/mol. The lowest BCUT2D eigenvalue weighted by atomic mass is 9.69. The van der Waals surface area contributed by atoms with Crippen molar-refractivity contribution in [1.82, 2.24) is 0 Å². The first-order valence-corrected chi connectivity index (χ1v) is 28.1. The SMILES string of the molecule is CCOP1(=O)Oc2c(C)cc(CC(=O)OC)cc2Cc2cc(CC(=O)OC)cc(C)c2O1.CCc1cc2c(c(C3(C)CCCCC3)c1)OP(C)(=O)Oc1c(cc(CC)cc1C1(C)CCCCC1)C2. The van der Waals surface area contributed by atoms with Crippen LogP contribution in [-0.4, -0.2) is 39.4 Å². The molecule has 4 aromatic carbocycles. The highest BCUT2D eigenvalue weighted by Crippen LogP contribution is 2.58. The lowest BCUT2D eigenvalue weighted by Crippen LogP contribution is -2.28. The zero-order chi connectivity index (χ0) is 49.0. The summed E-state index contributed by atoms with van der Waals surface area (Å²) in [4.78, 5) is 23.6. The molecule has 2 saturated carbocycles. The zero-order valence-electron chi connectivity index (χ0n) is 42.0. The van der Waals surface area contributed by atoms with Crippen molar-refractivity contribution < 1.29 is 50.8 Å². The highest BCUT2D eigenvalue weighted by Gasteiger charge is 2.40. The lowest BCUT2D eigenvalue weighted by molar-refractivity contribution is -0.140. The van der Waals surface area contributed by atoms with Crippen LogP contribution >= 0.6 is 15.4 Å². The fourth-order valence-electron chi connectivity index (χ4n) is 10.8. The van der Waals surface area contributed by atoms with Gasteiger partial charge >= 0.3 is 27.4 Å². The standard InChI is InChI=1S/C32H45O3P.C23H27O8P/c1-6-23-18-25-22-26-19-24(7-2)21-28(32(4)16-12-9-13-17-32)30(26)35-36(5,33)34-29(25)27(20-23)31(3)14-10-8-11-15-31;1-6-29-32(26)30-22-14(2)7-16(11-20(24)27-4)9-18(22)13-19-10-17(12-21(25)28-5)8-15(3)23(19)31-32/h18-21H,6-17,22H2,1-5H3;7-10H,6,11-13H2,1-5H3. The van der Waals surface area contributed by atoms with Crippen molar-refractivity contribution in [2.75, 3.05) is 27.5 Å². The summed E-state index contributed by atoms with van der Waals surface area (Å²) in [5.74, 6) is 1.71. The second-order valence-corrected chi connectivity index (χ2v) is 23.3. The first-order valence-electron chi connectivity index (χ1n) is 24.7. The molecule has 4 aliphatic rings. The molecule has 0 radical (unpaired) electrons. The van der Waals surface area contributed by atoms with Crippen LogP contribution in [0.15, 0.2) is 48.5 Å². The number of ether oxygens (including phenoxy) is 2. The smallest absolute Gasteiger partial charge is 0.469 e. The number of rotatable bonds is 10. The minimum Gasteiger partial charge on any atom is -0.469 e. The maximum absolute atomic E-state index is 14.1. The van der Waals surface area contributed by atoms with Gasteiger partial charge in [-0.2, -0.15) is 0 Å². The van der Waals surface area contributed by atoms with E-state index in [1.54, 1.807) is 39.6 Å². The number of carbonyl (C=O) groups is 2. The van der Waals surface area contributed by atoms with Gasteiger partial charge in [-0.05, 0) is 126 Å². The molecule has 2 heterocycles. The van der Waals surface area contributed by atoms with E-state index in [1.807, 2.05) is 12.1 Å². The third kappa shape index (κ3) is 11.5. The van der Waals surface area contributed by atoms with Gasteiger partial charge in [0.15, 0.2) is 0 Å². The van der Waals surface area contributed by atoms with Gasteiger partial charge < -0.3 is 27.6 Å². The molecule has 13 heteroatoms. The van der Waals surface area contributed by atoms with Crippen LogP contribution in [-0.2, 0) is 82.1 Å². The van der Waals surface area contributed by atoms with Crippen molar-refractivity contribution in [1.29, 1.82) is 0 Å². The molecule has 0 N–H and O–H groups in total. The van der Waals surface area contributed by atoms with E-state index in [0.717, 1.165) is 78.7 Å². The molecule has 0 atom stereocenters. The predicted octanol–water partition coefficient (Wildman–Crippen LogP) is 13.7. The molecule has 0 saturated heterocycles. The monoisotopic (exact) mass is 970 g/mol. The van der Waals surface area contributed by atoms with Crippen molar-refractivity contribution in [2.24, 2.45) is 0 Å². The van der Waals surface area contributed by atoms with Gasteiger partial charge in [0.2, 0.25) is 0 Å². The Morgan fingerprint density at radius 3 is 1.26 bits per heavy atom. The number of aryl methyl sites for hydroxylation is 4. The van der Waals surface area contributed by atoms with E-state index in [2.05, 4.69) is 52.0 Å². The summed E-state index contributed by atoms with van der Waals surface area (Å²) in [6.07, 6.45) is 15.5. The summed E-state index contributed by atoms with van der Waals surface area (Å²) in [7, 11) is -4.70. The van der Waals surface area contributed by atoms with E-state index in [4.69, 9.17) is 32.1 Å².